The summed E-state index contributed by atoms with van der Waals surface area (Å²) in [5, 5.41) is 9.09. The van der Waals surface area contributed by atoms with Gasteiger partial charge in [-0.2, -0.15) is 0 Å². The van der Waals surface area contributed by atoms with Crippen LogP contribution in [0.2, 0.25) is 0 Å². The van der Waals surface area contributed by atoms with Crippen molar-refractivity contribution >= 4 is 18.3 Å². The molecule has 0 rings (SSSR count). The smallest absolute Gasteiger partial charge is 0.239 e. The lowest BCUT2D eigenvalue weighted by Crippen LogP contribution is -2.42. The summed E-state index contributed by atoms with van der Waals surface area (Å²) in [6, 6.07) is -0.385. The minimum Gasteiger partial charge on any atom is -0.393 e. The van der Waals surface area contributed by atoms with Crippen LogP contribution in [0.4, 0.5) is 0 Å². The molecule has 0 bridgehead atoms. The predicted octanol–water partition coefficient (Wildman–Crippen LogP) is 1.16. The van der Waals surface area contributed by atoms with Gasteiger partial charge in [0.15, 0.2) is 0 Å². The minimum absolute atomic E-state index is 0. The third-order valence-electron chi connectivity index (χ3n) is 2.44. The topological polar surface area (TPSA) is 66.6 Å². The van der Waals surface area contributed by atoms with Crippen LogP contribution in [0, 0.1) is 0 Å². The molecule has 98 valence electrons. The second kappa shape index (κ2) is 9.87. The molecule has 0 aromatic rings. The molecule has 0 aromatic heterocycles. The van der Waals surface area contributed by atoms with Gasteiger partial charge in [0.25, 0.3) is 0 Å². The van der Waals surface area contributed by atoms with Gasteiger partial charge < -0.3 is 15.7 Å². The second-order valence-electron chi connectivity index (χ2n) is 4.15. The van der Waals surface area contributed by atoms with Crippen LogP contribution in [0.3, 0.4) is 0 Å². The van der Waals surface area contributed by atoms with E-state index in [-0.39, 0.29) is 30.5 Å². The molecule has 3 N–H and O–H groups in total. The van der Waals surface area contributed by atoms with Gasteiger partial charge in [-0.15, -0.1) is 12.4 Å². The molecule has 2 atom stereocenters. The fourth-order valence-corrected chi connectivity index (χ4v) is 1.32. The Morgan fingerprint density at radius 3 is 2.44 bits per heavy atom. The minimum atomic E-state index is -0.385. The number of aliphatic hydroxyl groups is 1. The van der Waals surface area contributed by atoms with Crippen molar-refractivity contribution in [2.24, 2.45) is 5.73 Å². The molecule has 0 heterocycles. The quantitative estimate of drug-likeness (QED) is 0.715. The van der Waals surface area contributed by atoms with Gasteiger partial charge in [-0.25, -0.2) is 0 Å². The fraction of sp³-hybridized carbons (Fsp3) is 0.909. The van der Waals surface area contributed by atoms with Crippen molar-refractivity contribution in [3.05, 3.63) is 0 Å². The zero-order chi connectivity index (χ0) is 11.8. The molecule has 1 amide bonds. The summed E-state index contributed by atoms with van der Waals surface area (Å²) in [4.78, 5) is 13.3. The Bertz CT molecular complexity index is 189. The molecule has 0 aliphatic heterocycles. The molecule has 0 saturated heterocycles. The van der Waals surface area contributed by atoms with E-state index < -0.39 is 0 Å². The molecular formula is C11H25ClN2O2. The number of unbranched alkanes of at least 4 members (excludes halogenated alkanes) is 1. The zero-order valence-electron chi connectivity index (χ0n) is 10.5. The van der Waals surface area contributed by atoms with Gasteiger partial charge in [0.2, 0.25) is 5.91 Å². The summed E-state index contributed by atoms with van der Waals surface area (Å²) in [6.07, 6.45) is 3.01. The SMILES string of the molecule is CCCCC(N)C(=O)N(C)CCC(C)O.Cl. The second-order valence-corrected chi connectivity index (χ2v) is 4.15. The van der Waals surface area contributed by atoms with Gasteiger partial charge in [0.05, 0.1) is 12.1 Å². The Morgan fingerprint density at radius 2 is 2.00 bits per heavy atom. The van der Waals surface area contributed by atoms with Gasteiger partial charge >= 0.3 is 0 Å². The highest BCUT2D eigenvalue weighted by molar-refractivity contribution is 5.85. The summed E-state index contributed by atoms with van der Waals surface area (Å²) in [6.45, 7) is 4.36. The normalized spacial score (nSPS) is 13.8. The summed E-state index contributed by atoms with van der Waals surface area (Å²) in [5.74, 6) is -0.0240. The number of carbonyl (C=O) groups is 1. The maximum absolute atomic E-state index is 11.7. The lowest BCUT2D eigenvalue weighted by molar-refractivity contribution is -0.131. The van der Waals surface area contributed by atoms with Crippen LogP contribution < -0.4 is 5.73 Å². The van der Waals surface area contributed by atoms with Crippen LogP contribution in [0.1, 0.15) is 39.5 Å². The number of nitrogens with two attached hydrogens (primary N) is 1. The molecule has 16 heavy (non-hydrogen) atoms. The maximum Gasteiger partial charge on any atom is 0.239 e. The summed E-state index contributed by atoms with van der Waals surface area (Å²) in [7, 11) is 1.73. The Balaban J connectivity index is 0. The number of amides is 1. The van der Waals surface area contributed by atoms with Crippen LogP contribution in [0.15, 0.2) is 0 Å². The van der Waals surface area contributed by atoms with E-state index in [0.29, 0.717) is 13.0 Å². The van der Waals surface area contributed by atoms with Crippen LogP contribution in [0.5, 0.6) is 0 Å². The molecule has 0 aliphatic carbocycles. The highest BCUT2D eigenvalue weighted by Crippen LogP contribution is 2.02. The van der Waals surface area contributed by atoms with Crippen molar-refractivity contribution in [2.75, 3.05) is 13.6 Å². The molecule has 0 saturated carbocycles. The highest BCUT2D eigenvalue weighted by Gasteiger charge is 2.17. The predicted molar refractivity (Wildman–Crippen MR) is 68.7 cm³/mol. The lowest BCUT2D eigenvalue weighted by atomic mass is 10.1. The number of halogens is 1. The standard InChI is InChI=1S/C11H24N2O2.ClH/c1-4-5-6-10(12)11(15)13(3)8-7-9(2)14;/h9-10,14H,4-8,12H2,1-3H3;1H. The fourth-order valence-electron chi connectivity index (χ4n) is 1.32. The molecule has 5 heteroatoms. The van der Waals surface area contributed by atoms with E-state index in [1.165, 1.54) is 0 Å². The Hall–Kier alpha value is -0.320. The number of nitrogens with zero attached hydrogens (tertiary/aromatic N) is 1. The van der Waals surface area contributed by atoms with Crippen LogP contribution >= 0.6 is 12.4 Å². The van der Waals surface area contributed by atoms with Crippen LogP contribution in [-0.4, -0.2) is 41.7 Å². The van der Waals surface area contributed by atoms with Gasteiger partial charge in [0.1, 0.15) is 0 Å². The Kier molecular flexibility index (Phi) is 11.1. The number of rotatable bonds is 7. The zero-order valence-corrected chi connectivity index (χ0v) is 11.3. The number of carbonyl (C=O) groups excluding carboxylic acids is 1. The summed E-state index contributed by atoms with van der Waals surface area (Å²) >= 11 is 0. The molecule has 0 aromatic carbocycles. The Labute approximate surface area is 105 Å². The molecule has 0 fully saturated rings. The van der Waals surface area contributed by atoms with E-state index >= 15 is 0 Å². The van der Waals surface area contributed by atoms with Crippen LogP contribution in [-0.2, 0) is 4.79 Å². The van der Waals surface area contributed by atoms with Crippen molar-refractivity contribution in [1.82, 2.24) is 4.90 Å². The monoisotopic (exact) mass is 252 g/mol. The first kappa shape index (κ1) is 18.1. The van der Waals surface area contributed by atoms with Crippen molar-refractivity contribution in [3.63, 3.8) is 0 Å². The third-order valence-corrected chi connectivity index (χ3v) is 2.44. The average molecular weight is 253 g/mol. The lowest BCUT2D eigenvalue weighted by Gasteiger charge is -2.21. The summed E-state index contributed by atoms with van der Waals surface area (Å²) < 4.78 is 0. The maximum atomic E-state index is 11.7. The van der Waals surface area contributed by atoms with Crippen molar-refractivity contribution in [2.45, 2.75) is 51.7 Å². The Morgan fingerprint density at radius 1 is 1.44 bits per heavy atom. The van der Waals surface area contributed by atoms with E-state index in [1.807, 2.05) is 0 Å². The average Bonchev–Trinajstić information content (AvgIpc) is 2.21. The van der Waals surface area contributed by atoms with Crippen LogP contribution in [0.25, 0.3) is 0 Å². The molecule has 4 nitrogen and oxygen atoms in total. The van der Waals surface area contributed by atoms with Gasteiger partial charge in [-0.3, -0.25) is 4.79 Å². The first-order chi connectivity index (χ1) is 6.99. The van der Waals surface area contributed by atoms with Crippen molar-refractivity contribution < 1.29 is 9.90 Å². The number of aliphatic hydroxyl groups excluding tert-OH is 1. The number of likely N-dealkylation sites (N-methyl/N-ethyl adjacent to an activating group) is 1. The van der Waals surface area contributed by atoms with Crippen molar-refractivity contribution in [1.29, 1.82) is 0 Å². The van der Waals surface area contributed by atoms with Crippen molar-refractivity contribution in [3.8, 4) is 0 Å². The van der Waals surface area contributed by atoms with E-state index in [0.717, 1.165) is 19.3 Å². The number of hydrogen-bond donors (Lipinski definition) is 2. The van der Waals surface area contributed by atoms with E-state index in [2.05, 4.69) is 6.92 Å². The van der Waals surface area contributed by atoms with Gasteiger partial charge in [-0.05, 0) is 19.8 Å². The van der Waals surface area contributed by atoms with Gasteiger partial charge in [0, 0.05) is 13.6 Å². The van der Waals surface area contributed by atoms with Gasteiger partial charge in [-0.1, -0.05) is 19.8 Å². The molecule has 2 unspecified atom stereocenters. The first-order valence-electron chi connectivity index (χ1n) is 5.67. The van der Waals surface area contributed by atoms with E-state index in [4.69, 9.17) is 10.8 Å². The largest absolute Gasteiger partial charge is 0.393 e. The first-order valence-corrected chi connectivity index (χ1v) is 5.67. The molecule has 0 radical (unpaired) electrons. The highest BCUT2D eigenvalue weighted by atomic mass is 35.5. The van der Waals surface area contributed by atoms with E-state index in [9.17, 15) is 4.79 Å². The third kappa shape index (κ3) is 7.91. The molecular weight excluding hydrogens is 228 g/mol. The summed E-state index contributed by atoms with van der Waals surface area (Å²) in [5.41, 5.74) is 5.76. The number of hydrogen-bond acceptors (Lipinski definition) is 3. The molecule has 0 aliphatic rings. The van der Waals surface area contributed by atoms with E-state index in [1.54, 1.807) is 18.9 Å². The molecule has 0 spiro atoms.